The maximum atomic E-state index is 11.0. The highest BCUT2D eigenvalue weighted by Crippen LogP contribution is 2.31. The van der Waals surface area contributed by atoms with Crippen LogP contribution in [0.5, 0.6) is 0 Å². The molecule has 4 heteroatoms. The molecular weight excluding hydrogens is 288 g/mol. The molecule has 4 nitrogen and oxygen atoms in total. The predicted molar refractivity (Wildman–Crippen MR) is 89.5 cm³/mol. The van der Waals surface area contributed by atoms with Crippen LogP contribution >= 0.6 is 0 Å². The van der Waals surface area contributed by atoms with Crippen molar-refractivity contribution in [3.8, 4) is 11.1 Å². The molecule has 0 aliphatic heterocycles. The van der Waals surface area contributed by atoms with Crippen molar-refractivity contribution < 1.29 is 9.90 Å². The van der Waals surface area contributed by atoms with Gasteiger partial charge in [-0.05, 0) is 29.8 Å². The molecule has 0 radical (unpaired) electrons. The quantitative estimate of drug-likeness (QED) is 0.650. The molecule has 0 saturated heterocycles. The first-order valence-electron chi connectivity index (χ1n) is 7.13. The Hall–Kier alpha value is -3.27. The highest BCUT2D eigenvalue weighted by molar-refractivity contribution is 5.88. The zero-order valence-electron chi connectivity index (χ0n) is 12.3. The van der Waals surface area contributed by atoms with Crippen molar-refractivity contribution in [2.45, 2.75) is 0 Å². The molecule has 0 amide bonds. The third-order valence-corrected chi connectivity index (χ3v) is 3.36. The second kappa shape index (κ2) is 6.66. The minimum Gasteiger partial charge on any atom is -0.478 e. The van der Waals surface area contributed by atoms with E-state index in [9.17, 15) is 4.79 Å². The van der Waals surface area contributed by atoms with Crippen LogP contribution in [0.1, 0.15) is 10.4 Å². The van der Waals surface area contributed by atoms with E-state index in [1.807, 2.05) is 54.6 Å². The van der Waals surface area contributed by atoms with Gasteiger partial charge in [-0.15, -0.1) is 5.11 Å². The van der Waals surface area contributed by atoms with Crippen LogP contribution in [0.4, 0.5) is 11.4 Å². The molecule has 3 aromatic rings. The second-order valence-electron chi connectivity index (χ2n) is 4.94. The number of carboxylic acid groups (broad SMARTS) is 1. The Morgan fingerprint density at radius 1 is 0.783 bits per heavy atom. The molecule has 0 fully saturated rings. The average Bonchev–Trinajstić information content (AvgIpc) is 2.61. The molecule has 1 N–H and O–H groups in total. The van der Waals surface area contributed by atoms with Crippen molar-refractivity contribution in [1.29, 1.82) is 0 Å². The van der Waals surface area contributed by atoms with Crippen LogP contribution in [0, 0.1) is 0 Å². The number of aromatic carboxylic acids is 1. The summed E-state index contributed by atoms with van der Waals surface area (Å²) in [7, 11) is 0. The number of rotatable bonds is 4. The molecule has 0 heterocycles. The summed E-state index contributed by atoms with van der Waals surface area (Å²) >= 11 is 0. The number of carboxylic acids is 1. The highest BCUT2D eigenvalue weighted by Gasteiger charge is 2.04. The molecule has 0 aliphatic carbocycles. The van der Waals surface area contributed by atoms with Crippen molar-refractivity contribution in [2.24, 2.45) is 10.2 Å². The van der Waals surface area contributed by atoms with Gasteiger partial charge >= 0.3 is 5.97 Å². The van der Waals surface area contributed by atoms with Crippen molar-refractivity contribution in [2.75, 3.05) is 0 Å². The van der Waals surface area contributed by atoms with E-state index in [0.29, 0.717) is 5.69 Å². The fourth-order valence-electron chi connectivity index (χ4n) is 2.24. The molecule has 3 rings (SSSR count). The third-order valence-electron chi connectivity index (χ3n) is 3.36. The Morgan fingerprint density at radius 3 is 2.30 bits per heavy atom. The molecule has 112 valence electrons. The first-order valence-corrected chi connectivity index (χ1v) is 7.13. The Balaban J connectivity index is 1.95. The fraction of sp³-hybridized carbons (Fsp3) is 0. The average molecular weight is 302 g/mol. The van der Waals surface area contributed by atoms with Gasteiger partial charge in [0.1, 0.15) is 0 Å². The third kappa shape index (κ3) is 3.49. The van der Waals surface area contributed by atoms with Gasteiger partial charge in [-0.3, -0.25) is 0 Å². The summed E-state index contributed by atoms with van der Waals surface area (Å²) in [4.78, 5) is 11.0. The van der Waals surface area contributed by atoms with E-state index in [2.05, 4.69) is 10.2 Å². The summed E-state index contributed by atoms with van der Waals surface area (Å²) in [5.74, 6) is -0.980. The van der Waals surface area contributed by atoms with Gasteiger partial charge in [0.15, 0.2) is 0 Å². The lowest BCUT2D eigenvalue weighted by Gasteiger charge is -2.04. The molecule has 3 aromatic carbocycles. The zero-order chi connectivity index (χ0) is 16.1. The fourth-order valence-corrected chi connectivity index (χ4v) is 2.24. The van der Waals surface area contributed by atoms with Crippen molar-refractivity contribution in [1.82, 2.24) is 0 Å². The summed E-state index contributed by atoms with van der Waals surface area (Å²) in [6.45, 7) is 0. The van der Waals surface area contributed by atoms with Crippen LogP contribution in [-0.4, -0.2) is 11.1 Å². The van der Waals surface area contributed by atoms with Crippen LogP contribution in [0.2, 0.25) is 0 Å². The highest BCUT2D eigenvalue weighted by atomic mass is 16.4. The summed E-state index contributed by atoms with van der Waals surface area (Å²) in [6.07, 6.45) is 0. The summed E-state index contributed by atoms with van der Waals surface area (Å²) in [5, 5.41) is 17.5. The number of nitrogens with zero attached hydrogens (tertiary/aromatic N) is 2. The maximum Gasteiger partial charge on any atom is 0.335 e. The summed E-state index contributed by atoms with van der Waals surface area (Å²) in [6, 6.07) is 24.0. The number of benzene rings is 3. The lowest BCUT2D eigenvalue weighted by molar-refractivity contribution is 0.0697. The summed E-state index contributed by atoms with van der Waals surface area (Å²) in [5.41, 5.74) is 3.47. The van der Waals surface area contributed by atoms with Gasteiger partial charge in [-0.1, -0.05) is 54.6 Å². The first kappa shape index (κ1) is 14.7. The first-order chi connectivity index (χ1) is 11.2. The van der Waals surface area contributed by atoms with Crippen LogP contribution < -0.4 is 0 Å². The summed E-state index contributed by atoms with van der Waals surface area (Å²) < 4.78 is 0. The predicted octanol–water partition coefficient (Wildman–Crippen LogP) is 5.47. The molecule has 0 aromatic heterocycles. The largest absolute Gasteiger partial charge is 0.478 e. The molecule has 0 bridgehead atoms. The van der Waals surface area contributed by atoms with Crippen LogP contribution in [-0.2, 0) is 0 Å². The normalized spacial score (nSPS) is 10.8. The zero-order valence-corrected chi connectivity index (χ0v) is 12.3. The van der Waals surface area contributed by atoms with Gasteiger partial charge in [0, 0.05) is 5.56 Å². The molecule has 0 atom stereocenters. The molecule has 0 spiro atoms. The molecule has 0 saturated carbocycles. The molecule has 23 heavy (non-hydrogen) atoms. The van der Waals surface area contributed by atoms with E-state index < -0.39 is 5.97 Å². The van der Waals surface area contributed by atoms with Crippen LogP contribution in [0.25, 0.3) is 11.1 Å². The maximum absolute atomic E-state index is 11.0. The van der Waals surface area contributed by atoms with Gasteiger partial charge in [-0.2, -0.15) is 5.11 Å². The van der Waals surface area contributed by atoms with E-state index in [0.717, 1.165) is 16.8 Å². The Morgan fingerprint density at radius 2 is 1.52 bits per heavy atom. The van der Waals surface area contributed by atoms with E-state index in [4.69, 9.17) is 5.11 Å². The number of hydrogen-bond donors (Lipinski definition) is 1. The molecule has 0 aliphatic rings. The van der Waals surface area contributed by atoms with E-state index in [1.54, 1.807) is 12.1 Å². The lowest BCUT2D eigenvalue weighted by atomic mass is 10.0. The standard InChI is InChI=1S/C19H14N2O2/c22-19(23)15-9-6-10-16(13-15)20-21-18-12-5-4-11-17(18)14-7-2-1-3-8-14/h1-13H,(H,22,23)/b21-20+. The van der Waals surface area contributed by atoms with E-state index in [-0.39, 0.29) is 5.56 Å². The Kier molecular flexibility index (Phi) is 4.25. The SMILES string of the molecule is O=C(O)c1cccc(/N=N/c2ccccc2-c2ccccc2)c1. The Bertz CT molecular complexity index is 858. The van der Waals surface area contributed by atoms with Crippen molar-refractivity contribution >= 4 is 17.3 Å². The van der Waals surface area contributed by atoms with Gasteiger partial charge < -0.3 is 5.11 Å². The number of azo groups is 1. The minimum atomic E-state index is -0.980. The lowest BCUT2D eigenvalue weighted by Crippen LogP contribution is -1.94. The van der Waals surface area contributed by atoms with Crippen molar-refractivity contribution in [3.63, 3.8) is 0 Å². The molecular formula is C19H14N2O2. The topological polar surface area (TPSA) is 62.0 Å². The monoisotopic (exact) mass is 302 g/mol. The van der Waals surface area contributed by atoms with Gasteiger partial charge in [0.05, 0.1) is 16.9 Å². The molecule has 0 unspecified atom stereocenters. The number of hydrogen-bond acceptors (Lipinski definition) is 3. The second-order valence-corrected chi connectivity index (χ2v) is 4.94. The van der Waals surface area contributed by atoms with Crippen LogP contribution in [0.15, 0.2) is 89.1 Å². The van der Waals surface area contributed by atoms with E-state index >= 15 is 0 Å². The van der Waals surface area contributed by atoms with Crippen molar-refractivity contribution in [3.05, 3.63) is 84.4 Å². The van der Waals surface area contributed by atoms with Gasteiger partial charge in [0.2, 0.25) is 0 Å². The van der Waals surface area contributed by atoms with Gasteiger partial charge in [0.25, 0.3) is 0 Å². The Labute approximate surface area is 133 Å². The minimum absolute atomic E-state index is 0.192. The number of carbonyl (C=O) groups is 1. The smallest absolute Gasteiger partial charge is 0.335 e. The van der Waals surface area contributed by atoms with Gasteiger partial charge in [-0.25, -0.2) is 4.79 Å². The van der Waals surface area contributed by atoms with E-state index in [1.165, 1.54) is 12.1 Å². The van der Waals surface area contributed by atoms with Crippen LogP contribution in [0.3, 0.4) is 0 Å².